The largest absolute Gasteiger partial charge is 0.481 e. The Kier molecular flexibility index (Phi) is 3.60. The molecule has 0 spiro atoms. The van der Waals surface area contributed by atoms with Gasteiger partial charge >= 0.3 is 5.97 Å². The van der Waals surface area contributed by atoms with E-state index in [4.69, 9.17) is 5.11 Å². The average Bonchev–Trinajstić information content (AvgIpc) is 2.69. The van der Waals surface area contributed by atoms with Crippen LogP contribution in [0.3, 0.4) is 0 Å². The van der Waals surface area contributed by atoms with Crippen molar-refractivity contribution in [3.63, 3.8) is 0 Å². The standard InChI is InChI=1S/C17H28O3/c1-10-11(9-16(19)20)3-4-13-12(10)7-8-17(2)14(13)5-6-15(17)18/h10-15,18H,3-9H2,1-2H3,(H,19,20)/t10?,11?,12?,13?,14-,15?,17?/m0/s1. The van der Waals surface area contributed by atoms with Crippen LogP contribution < -0.4 is 0 Å². The van der Waals surface area contributed by atoms with Gasteiger partial charge in [0, 0.05) is 6.42 Å². The van der Waals surface area contributed by atoms with Gasteiger partial charge < -0.3 is 10.2 Å². The first kappa shape index (κ1) is 14.4. The number of hydrogen-bond donors (Lipinski definition) is 2. The topological polar surface area (TPSA) is 57.5 Å². The molecule has 2 N–H and O–H groups in total. The van der Waals surface area contributed by atoms with Crippen molar-refractivity contribution in [1.82, 2.24) is 0 Å². The molecule has 3 saturated carbocycles. The first-order valence-corrected chi connectivity index (χ1v) is 8.33. The summed E-state index contributed by atoms with van der Waals surface area (Å²) in [4.78, 5) is 11.0. The van der Waals surface area contributed by atoms with Crippen molar-refractivity contribution in [2.75, 3.05) is 0 Å². The van der Waals surface area contributed by atoms with Crippen molar-refractivity contribution in [2.45, 2.75) is 64.9 Å². The van der Waals surface area contributed by atoms with Crippen molar-refractivity contribution in [3.05, 3.63) is 0 Å². The molecular weight excluding hydrogens is 252 g/mol. The smallest absolute Gasteiger partial charge is 0.303 e. The molecule has 0 aliphatic heterocycles. The third-order valence-electron chi connectivity index (χ3n) is 7.17. The number of fused-ring (bicyclic) bond motifs is 3. The summed E-state index contributed by atoms with van der Waals surface area (Å²) in [5.41, 5.74) is 0.139. The van der Waals surface area contributed by atoms with E-state index in [-0.39, 0.29) is 11.5 Å². The third-order valence-corrected chi connectivity index (χ3v) is 7.17. The van der Waals surface area contributed by atoms with Crippen LogP contribution in [0.4, 0.5) is 0 Å². The fourth-order valence-electron chi connectivity index (χ4n) is 5.89. The van der Waals surface area contributed by atoms with E-state index < -0.39 is 5.97 Å². The Morgan fingerprint density at radius 3 is 2.60 bits per heavy atom. The third kappa shape index (κ3) is 2.09. The van der Waals surface area contributed by atoms with Gasteiger partial charge in [0.15, 0.2) is 0 Å². The second-order valence-corrected chi connectivity index (χ2v) is 7.87. The molecule has 0 aromatic rings. The molecule has 0 aromatic heterocycles. The lowest BCUT2D eigenvalue weighted by atomic mass is 9.52. The molecule has 3 rings (SSSR count). The van der Waals surface area contributed by atoms with Crippen molar-refractivity contribution >= 4 is 5.97 Å². The van der Waals surface area contributed by atoms with Crippen LogP contribution in [-0.2, 0) is 4.79 Å². The molecule has 3 aliphatic carbocycles. The lowest BCUT2D eigenvalue weighted by molar-refractivity contribution is -0.140. The molecule has 7 atom stereocenters. The van der Waals surface area contributed by atoms with Gasteiger partial charge in [-0.15, -0.1) is 0 Å². The van der Waals surface area contributed by atoms with Gasteiger partial charge in [-0.25, -0.2) is 0 Å². The Hall–Kier alpha value is -0.570. The van der Waals surface area contributed by atoms with Gasteiger partial charge in [-0.1, -0.05) is 13.8 Å². The van der Waals surface area contributed by atoms with E-state index in [9.17, 15) is 9.90 Å². The van der Waals surface area contributed by atoms with Crippen molar-refractivity contribution in [1.29, 1.82) is 0 Å². The van der Waals surface area contributed by atoms with E-state index in [1.54, 1.807) is 0 Å². The van der Waals surface area contributed by atoms with Gasteiger partial charge in [0.1, 0.15) is 0 Å². The number of rotatable bonds is 2. The van der Waals surface area contributed by atoms with Crippen LogP contribution in [0.2, 0.25) is 0 Å². The highest BCUT2D eigenvalue weighted by atomic mass is 16.4. The van der Waals surface area contributed by atoms with Crippen molar-refractivity contribution < 1.29 is 15.0 Å². The van der Waals surface area contributed by atoms with E-state index in [1.807, 2.05) is 0 Å². The van der Waals surface area contributed by atoms with Gasteiger partial charge in [-0.2, -0.15) is 0 Å². The Balaban J connectivity index is 1.76. The Morgan fingerprint density at radius 1 is 1.15 bits per heavy atom. The Bertz CT molecular complexity index is 394. The zero-order valence-electron chi connectivity index (χ0n) is 12.7. The molecule has 20 heavy (non-hydrogen) atoms. The summed E-state index contributed by atoms with van der Waals surface area (Å²) in [5.74, 6) is 2.35. The minimum Gasteiger partial charge on any atom is -0.481 e. The number of aliphatic hydroxyl groups excluding tert-OH is 1. The van der Waals surface area contributed by atoms with Crippen molar-refractivity contribution in [3.8, 4) is 0 Å². The molecule has 3 heteroatoms. The molecule has 3 nitrogen and oxygen atoms in total. The van der Waals surface area contributed by atoms with Crippen LogP contribution in [0.15, 0.2) is 0 Å². The zero-order chi connectivity index (χ0) is 14.5. The minimum atomic E-state index is -0.641. The molecule has 0 bridgehead atoms. The van der Waals surface area contributed by atoms with E-state index in [0.29, 0.717) is 30.1 Å². The van der Waals surface area contributed by atoms with Gasteiger partial charge in [0.25, 0.3) is 0 Å². The van der Waals surface area contributed by atoms with Gasteiger partial charge in [-0.3, -0.25) is 4.79 Å². The quantitative estimate of drug-likeness (QED) is 0.816. The summed E-state index contributed by atoms with van der Waals surface area (Å²) < 4.78 is 0. The van der Waals surface area contributed by atoms with E-state index in [2.05, 4.69) is 13.8 Å². The van der Waals surface area contributed by atoms with Crippen molar-refractivity contribution in [2.24, 2.45) is 35.0 Å². The zero-order valence-corrected chi connectivity index (χ0v) is 12.7. The second-order valence-electron chi connectivity index (χ2n) is 7.87. The first-order chi connectivity index (χ1) is 9.43. The van der Waals surface area contributed by atoms with Crippen LogP contribution in [-0.4, -0.2) is 22.3 Å². The lowest BCUT2D eigenvalue weighted by Gasteiger charge is -2.53. The SMILES string of the molecule is CC1C(CC(=O)O)CCC2C1CCC1(C)C(O)CC[C@@H]21. The number of aliphatic hydroxyl groups is 1. The Labute approximate surface area is 121 Å². The lowest BCUT2D eigenvalue weighted by Crippen LogP contribution is -2.48. The summed E-state index contributed by atoms with van der Waals surface area (Å²) in [7, 11) is 0. The summed E-state index contributed by atoms with van der Waals surface area (Å²) in [6.07, 6.45) is 6.94. The van der Waals surface area contributed by atoms with E-state index >= 15 is 0 Å². The summed E-state index contributed by atoms with van der Waals surface area (Å²) in [6, 6.07) is 0. The maximum absolute atomic E-state index is 11.0. The van der Waals surface area contributed by atoms with Crippen LogP contribution in [0, 0.1) is 35.0 Å². The maximum atomic E-state index is 11.0. The molecule has 114 valence electrons. The number of carbonyl (C=O) groups is 1. The normalized spacial score (nSPS) is 51.4. The summed E-state index contributed by atoms with van der Waals surface area (Å²) in [6.45, 7) is 4.57. The number of carboxylic acid groups (broad SMARTS) is 1. The maximum Gasteiger partial charge on any atom is 0.303 e. The summed E-state index contributed by atoms with van der Waals surface area (Å²) in [5, 5.41) is 19.4. The van der Waals surface area contributed by atoms with Gasteiger partial charge in [0.2, 0.25) is 0 Å². The van der Waals surface area contributed by atoms with Crippen LogP contribution in [0.25, 0.3) is 0 Å². The molecule has 0 radical (unpaired) electrons. The number of hydrogen-bond acceptors (Lipinski definition) is 2. The molecule has 0 saturated heterocycles. The predicted octanol–water partition coefficient (Wildman–Crippen LogP) is 3.31. The molecule has 0 aromatic carbocycles. The first-order valence-electron chi connectivity index (χ1n) is 8.33. The molecule has 0 amide bonds. The average molecular weight is 280 g/mol. The number of aliphatic carboxylic acids is 1. The van der Waals surface area contributed by atoms with Crippen LogP contribution >= 0.6 is 0 Å². The molecule has 3 fully saturated rings. The van der Waals surface area contributed by atoms with E-state index in [1.165, 1.54) is 19.3 Å². The predicted molar refractivity (Wildman–Crippen MR) is 77.2 cm³/mol. The van der Waals surface area contributed by atoms with Crippen LogP contribution in [0.5, 0.6) is 0 Å². The van der Waals surface area contributed by atoms with Gasteiger partial charge in [0.05, 0.1) is 6.10 Å². The monoisotopic (exact) mass is 280 g/mol. The molecular formula is C17H28O3. The molecule has 3 aliphatic rings. The highest BCUT2D eigenvalue weighted by Crippen LogP contribution is 2.61. The minimum absolute atomic E-state index is 0.111. The van der Waals surface area contributed by atoms with Gasteiger partial charge in [-0.05, 0) is 73.5 Å². The fourth-order valence-corrected chi connectivity index (χ4v) is 5.89. The van der Waals surface area contributed by atoms with E-state index in [0.717, 1.165) is 25.2 Å². The summed E-state index contributed by atoms with van der Waals surface area (Å²) >= 11 is 0. The second kappa shape index (κ2) is 5.01. The number of carboxylic acids is 1. The highest BCUT2D eigenvalue weighted by Gasteiger charge is 2.55. The molecule has 6 unspecified atom stereocenters. The van der Waals surface area contributed by atoms with Crippen LogP contribution in [0.1, 0.15) is 58.8 Å². The molecule has 0 heterocycles. The Morgan fingerprint density at radius 2 is 1.90 bits per heavy atom. The fraction of sp³-hybridized carbons (Fsp3) is 0.941. The highest BCUT2D eigenvalue weighted by molar-refractivity contribution is 5.67.